The van der Waals surface area contributed by atoms with Crippen LogP contribution in [-0.4, -0.2) is 28.3 Å². The van der Waals surface area contributed by atoms with Crippen LogP contribution in [0, 0.1) is 5.92 Å². The summed E-state index contributed by atoms with van der Waals surface area (Å²) in [5.41, 5.74) is 1.45. The van der Waals surface area contributed by atoms with E-state index in [1.165, 1.54) is 6.07 Å². The maximum atomic E-state index is 12.5. The highest BCUT2D eigenvalue weighted by Crippen LogP contribution is 2.30. The predicted octanol–water partition coefficient (Wildman–Crippen LogP) is 5.11. The Morgan fingerprint density at radius 3 is 2.37 bits per heavy atom. The Kier molecular flexibility index (Phi) is 6.05. The van der Waals surface area contributed by atoms with Gasteiger partial charge in [0.15, 0.2) is 5.78 Å². The van der Waals surface area contributed by atoms with Gasteiger partial charge in [0, 0.05) is 29.0 Å². The van der Waals surface area contributed by atoms with Gasteiger partial charge in [-0.25, -0.2) is 0 Å². The molecule has 152 valence electrons. The number of ketones is 1. The van der Waals surface area contributed by atoms with Gasteiger partial charge >= 0.3 is 0 Å². The number of carbonyl (C=O) groups is 2. The number of anilines is 1. The molecule has 5 nitrogen and oxygen atoms in total. The van der Waals surface area contributed by atoms with E-state index in [0.717, 1.165) is 23.6 Å². The lowest BCUT2D eigenvalue weighted by atomic mass is 10.0. The van der Waals surface area contributed by atoms with Gasteiger partial charge in [-0.2, -0.15) is 11.8 Å². The van der Waals surface area contributed by atoms with Gasteiger partial charge in [0.1, 0.15) is 17.2 Å². The van der Waals surface area contributed by atoms with Gasteiger partial charge in [0.25, 0.3) is 0 Å². The third-order valence-corrected chi connectivity index (χ3v) is 6.07. The molecule has 4 rings (SSSR count). The Labute approximate surface area is 179 Å². The minimum Gasteiger partial charge on any atom is -0.507 e. The highest BCUT2D eigenvalue weighted by atomic mass is 32.2. The summed E-state index contributed by atoms with van der Waals surface area (Å²) in [4.78, 5) is 24.7. The zero-order valence-corrected chi connectivity index (χ0v) is 17.0. The lowest BCUT2D eigenvalue weighted by Crippen LogP contribution is -2.22. The molecule has 0 spiro atoms. The Balaban J connectivity index is 1.41. The number of aromatic hydroxyl groups is 1. The average Bonchev–Trinajstić information content (AvgIpc) is 3.31. The molecule has 1 aliphatic rings. The molecule has 0 radical (unpaired) electrons. The summed E-state index contributed by atoms with van der Waals surface area (Å²) < 4.78 is 5.77. The fourth-order valence-electron chi connectivity index (χ4n) is 3.24. The molecular formula is C24H21NO4S. The first-order chi connectivity index (χ1) is 14.6. The minimum atomic E-state index is -0.250. The highest BCUT2D eigenvalue weighted by molar-refractivity contribution is 7.99. The second kappa shape index (κ2) is 9.05. The Morgan fingerprint density at radius 2 is 1.70 bits per heavy atom. The number of phenols is 1. The third kappa shape index (κ3) is 4.66. The van der Waals surface area contributed by atoms with Gasteiger partial charge in [-0.15, -0.1) is 0 Å². The lowest BCUT2D eigenvalue weighted by molar-refractivity contribution is -0.119. The number of ether oxygens (including phenoxy) is 1. The second-order valence-corrected chi connectivity index (χ2v) is 8.20. The standard InChI is InChI=1S/C24H21NO4S/c26-22-14-20(10-11-21(22)23(27)16-4-2-1-3-5-16)29-19-8-6-18(7-9-19)25-24(28)17-12-13-30-15-17/h1-11,14,17,26H,12-13,15H2,(H,25,28). The summed E-state index contributed by atoms with van der Waals surface area (Å²) in [6.45, 7) is 0. The lowest BCUT2D eigenvalue weighted by Gasteiger charge is -2.11. The van der Waals surface area contributed by atoms with Crippen molar-refractivity contribution in [1.82, 2.24) is 0 Å². The minimum absolute atomic E-state index is 0.0530. The molecule has 1 amide bonds. The molecule has 0 bridgehead atoms. The van der Waals surface area contributed by atoms with Crippen LogP contribution in [0.4, 0.5) is 5.69 Å². The highest BCUT2D eigenvalue weighted by Gasteiger charge is 2.23. The molecule has 0 aliphatic carbocycles. The maximum Gasteiger partial charge on any atom is 0.228 e. The van der Waals surface area contributed by atoms with Crippen molar-refractivity contribution < 1.29 is 19.4 Å². The van der Waals surface area contributed by atoms with E-state index in [1.54, 1.807) is 72.4 Å². The van der Waals surface area contributed by atoms with Crippen LogP contribution >= 0.6 is 11.8 Å². The molecular weight excluding hydrogens is 398 g/mol. The van der Waals surface area contributed by atoms with Crippen LogP contribution in [0.15, 0.2) is 72.8 Å². The summed E-state index contributed by atoms with van der Waals surface area (Å²) in [5.74, 6) is 2.62. The van der Waals surface area contributed by atoms with Gasteiger partial charge in [0.2, 0.25) is 5.91 Å². The second-order valence-electron chi connectivity index (χ2n) is 7.05. The van der Waals surface area contributed by atoms with Crippen molar-refractivity contribution >= 4 is 29.1 Å². The van der Waals surface area contributed by atoms with Gasteiger partial charge in [-0.05, 0) is 48.6 Å². The van der Waals surface area contributed by atoms with Crippen molar-refractivity contribution in [3.05, 3.63) is 83.9 Å². The van der Waals surface area contributed by atoms with E-state index in [2.05, 4.69) is 5.32 Å². The Hall–Kier alpha value is -3.25. The summed E-state index contributed by atoms with van der Waals surface area (Å²) in [6.07, 6.45) is 0.921. The molecule has 2 N–H and O–H groups in total. The molecule has 0 saturated carbocycles. The normalized spacial score (nSPS) is 15.5. The first-order valence-electron chi connectivity index (χ1n) is 9.69. The quantitative estimate of drug-likeness (QED) is 0.543. The SMILES string of the molecule is O=C(c1ccccc1)c1ccc(Oc2ccc(NC(=O)C3CCSC3)cc2)cc1O. The maximum absolute atomic E-state index is 12.5. The largest absolute Gasteiger partial charge is 0.507 e. The van der Waals surface area contributed by atoms with E-state index < -0.39 is 0 Å². The van der Waals surface area contributed by atoms with Crippen LogP contribution in [0.1, 0.15) is 22.3 Å². The van der Waals surface area contributed by atoms with E-state index in [-0.39, 0.29) is 28.9 Å². The molecule has 0 aromatic heterocycles. The summed E-state index contributed by atoms with van der Waals surface area (Å²) in [5, 5.41) is 13.2. The number of phenolic OH excluding ortho intramolecular Hbond substituents is 1. The molecule has 30 heavy (non-hydrogen) atoms. The van der Waals surface area contributed by atoms with Gasteiger partial charge in [0.05, 0.1) is 5.56 Å². The van der Waals surface area contributed by atoms with E-state index in [4.69, 9.17) is 4.74 Å². The average molecular weight is 420 g/mol. The molecule has 3 aromatic carbocycles. The molecule has 1 fully saturated rings. The number of benzene rings is 3. The van der Waals surface area contributed by atoms with Crippen molar-refractivity contribution in [2.45, 2.75) is 6.42 Å². The fraction of sp³-hybridized carbons (Fsp3) is 0.167. The van der Waals surface area contributed by atoms with Gasteiger partial charge < -0.3 is 15.2 Å². The molecule has 1 unspecified atom stereocenters. The van der Waals surface area contributed by atoms with E-state index >= 15 is 0 Å². The molecule has 1 aliphatic heterocycles. The third-order valence-electron chi connectivity index (χ3n) is 4.91. The number of rotatable bonds is 6. The summed E-state index contributed by atoms with van der Waals surface area (Å²) in [6, 6.07) is 20.5. The number of hydrogen-bond donors (Lipinski definition) is 2. The predicted molar refractivity (Wildman–Crippen MR) is 119 cm³/mol. The van der Waals surface area contributed by atoms with Gasteiger partial charge in [-0.1, -0.05) is 30.3 Å². The number of hydrogen-bond acceptors (Lipinski definition) is 5. The fourth-order valence-corrected chi connectivity index (χ4v) is 4.46. The monoisotopic (exact) mass is 419 g/mol. The van der Waals surface area contributed by atoms with Crippen LogP contribution in [-0.2, 0) is 4.79 Å². The van der Waals surface area contributed by atoms with Crippen molar-refractivity contribution in [2.24, 2.45) is 5.92 Å². The first kappa shape index (κ1) is 20.0. The van der Waals surface area contributed by atoms with Crippen LogP contribution < -0.4 is 10.1 Å². The van der Waals surface area contributed by atoms with Crippen molar-refractivity contribution in [1.29, 1.82) is 0 Å². The Morgan fingerprint density at radius 1 is 0.967 bits per heavy atom. The first-order valence-corrected chi connectivity index (χ1v) is 10.8. The topological polar surface area (TPSA) is 75.6 Å². The van der Waals surface area contributed by atoms with E-state index in [1.807, 2.05) is 6.07 Å². The number of thioether (sulfide) groups is 1. The summed E-state index contributed by atoms with van der Waals surface area (Å²) in [7, 11) is 0. The Bertz CT molecular complexity index is 1040. The van der Waals surface area contributed by atoms with Crippen LogP contribution in [0.25, 0.3) is 0 Å². The smallest absolute Gasteiger partial charge is 0.228 e. The van der Waals surface area contributed by atoms with Gasteiger partial charge in [-0.3, -0.25) is 9.59 Å². The van der Waals surface area contributed by atoms with Crippen LogP contribution in [0.3, 0.4) is 0 Å². The molecule has 1 heterocycles. The van der Waals surface area contributed by atoms with Crippen molar-refractivity contribution in [2.75, 3.05) is 16.8 Å². The van der Waals surface area contributed by atoms with Crippen molar-refractivity contribution in [3.8, 4) is 17.2 Å². The zero-order valence-electron chi connectivity index (χ0n) is 16.2. The molecule has 1 atom stereocenters. The number of amides is 1. The van der Waals surface area contributed by atoms with E-state index in [9.17, 15) is 14.7 Å². The van der Waals surface area contributed by atoms with Crippen molar-refractivity contribution in [3.63, 3.8) is 0 Å². The molecule has 3 aromatic rings. The van der Waals surface area contributed by atoms with E-state index in [0.29, 0.717) is 17.1 Å². The number of nitrogens with one attached hydrogen (secondary N) is 1. The van der Waals surface area contributed by atoms with Crippen LogP contribution in [0.5, 0.6) is 17.2 Å². The van der Waals surface area contributed by atoms with Crippen LogP contribution in [0.2, 0.25) is 0 Å². The molecule has 6 heteroatoms. The number of carbonyl (C=O) groups excluding carboxylic acids is 2. The molecule has 1 saturated heterocycles. The zero-order chi connectivity index (χ0) is 20.9. The summed E-state index contributed by atoms with van der Waals surface area (Å²) >= 11 is 1.80.